The quantitative estimate of drug-likeness (QED) is 0.441. The molecule has 5 heteroatoms. The molecule has 100 valence electrons. The summed E-state index contributed by atoms with van der Waals surface area (Å²) in [5, 5.41) is 2.96. The van der Waals surface area contributed by atoms with Gasteiger partial charge in [-0.2, -0.15) is 0 Å². The van der Waals surface area contributed by atoms with Crippen molar-refractivity contribution in [1.29, 1.82) is 0 Å². The highest BCUT2D eigenvalue weighted by atomic mass is 19.1. The van der Waals surface area contributed by atoms with Crippen LogP contribution in [0.3, 0.4) is 0 Å². The summed E-state index contributed by atoms with van der Waals surface area (Å²) in [4.78, 5) is 4.08. The Balaban J connectivity index is 2.27. The van der Waals surface area contributed by atoms with Gasteiger partial charge in [-0.05, 0) is 19.4 Å². The summed E-state index contributed by atoms with van der Waals surface area (Å²) in [5.41, 5.74) is 6.20. The van der Waals surface area contributed by atoms with Gasteiger partial charge in [-0.25, -0.2) is 9.38 Å². The van der Waals surface area contributed by atoms with E-state index < -0.39 is 0 Å². The first kappa shape index (κ1) is 14.4. The molecule has 0 aliphatic carbocycles. The van der Waals surface area contributed by atoms with E-state index in [0.717, 1.165) is 13.0 Å². The van der Waals surface area contributed by atoms with E-state index in [1.807, 2.05) is 6.92 Å². The van der Waals surface area contributed by atoms with E-state index in [0.29, 0.717) is 24.7 Å². The van der Waals surface area contributed by atoms with Crippen LogP contribution in [0.5, 0.6) is 0 Å². The van der Waals surface area contributed by atoms with Crippen molar-refractivity contribution in [2.24, 2.45) is 10.7 Å². The third-order valence-corrected chi connectivity index (χ3v) is 2.35. The number of ether oxygens (including phenoxy) is 1. The lowest BCUT2D eigenvalue weighted by Crippen LogP contribution is -2.32. The van der Waals surface area contributed by atoms with E-state index in [1.165, 1.54) is 6.07 Å². The number of nitrogens with two attached hydrogens (primary N) is 1. The van der Waals surface area contributed by atoms with Crippen molar-refractivity contribution >= 4 is 5.96 Å². The molecule has 0 spiro atoms. The summed E-state index contributed by atoms with van der Waals surface area (Å²) in [6.45, 7) is 4.32. The number of hydrogen-bond donors (Lipinski definition) is 2. The maximum atomic E-state index is 13.3. The number of nitrogens with one attached hydrogen (secondary N) is 1. The van der Waals surface area contributed by atoms with E-state index in [4.69, 9.17) is 10.5 Å². The Hall–Kier alpha value is -1.62. The molecule has 0 heterocycles. The molecule has 0 radical (unpaired) electrons. The minimum Gasteiger partial charge on any atom is -0.382 e. The molecule has 0 saturated heterocycles. The first-order chi connectivity index (χ1) is 8.74. The van der Waals surface area contributed by atoms with Gasteiger partial charge in [0, 0.05) is 25.3 Å². The molecule has 0 unspecified atom stereocenters. The van der Waals surface area contributed by atoms with Gasteiger partial charge in [0.2, 0.25) is 0 Å². The molecule has 0 amide bonds. The second-order valence-electron chi connectivity index (χ2n) is 3.77. The second kappa shape index (κ2) is 8.47. The van der Waals surface area contributed by atoms with Crippen LogP contribution in [-0.4, -0.2) is 25.7 Å². The number of aliphatic imine (C=N–C) groups is 1. The summed E-state index contributed by atoms with van der Waals surface area (Å²) in [6, 6.07) is 6.54. The maximum absolute atomic E-state index is 13.3. The van der Waals surface area contributed by atoms with Crippen LogP contribution in [0.1, 0.15) is 18.9 Å². The zero-order chi connectivity index (χ0) is 13.2. The smallest absolute Gasteiger partial charge is 0.188 e. The van der Waals surface area contributed by atoms with E-state index in [1.54, 1.807) is 18.2 Å². The van der Waals surface area contributed by atoms with Crippen molar-refractivity contribution in [2.75, 3.05) is 19.8 Å². The number of guanidine groups is 1. The highest BCUT2D eigenvalue weighted by Gasteiger charge is 1.99. The lowest BCUT2D eigenvalue weighted by molar-refractivity contribution is 0.145. The van der Waals surface area contributed by atoms with Gasteiger partial charge in [0.05, 0.1) is 6.54 Å². The zero-order valence-corrected chi connectivity index (χ0v) is 10.7. The van der Waals surface area contributed by atoms with E-state index in [9.17, 15) is 4.39 Å². The van der Waals surface area contributed by atoms with Gasteiger partial charge in [0.1, 0.15) is 5.82 Å². The molecule has 0 aliphatic heterocycles. The predicted octanol–water partition coefficient (Wildman–Crippen LogP) is 1.66. The van der Waals surface area contributed by atoms with Crippen LogP contribution in [0.2, 0.25) is 0 Å². The van der Waals surface area contributed by atoms with Crippen LogP contribution in [0, 0.1) is 5.82 Å². The van der Waals surface area contributed by atoms with E-state index >= 15 is 0 Å². The second-order valence-corrected chi connectivity index (χ2v) is 3.77. The molecule has 1 rings (SSSR count). The lowest BCUT2D eigenvalue weighted by Gasteiger charge is -2.06. The average molecular weight is 253 g/mol. The van der Waals surface area contributed by atoms with E-state index in [-0.39, 0.29) is 12.4 Å². The Labute approximate surface area is 107 Å². The van der Waals surface area contributed by atoms with Crippen molar-refractivity contribution in [3.8, 4) is 0 Å². The topological polar surface area (TPSA) is 59.6 Å². The van der Waals surface area contributed by atoms with E-state index in [2.05, 4.69) is 10.3 Å². The van der Waals surface area contributed by atoms with Crippen LogP contribution >= 0.6 is 0 Å². The molecule has 0 aliphatic rings. The van der Waals surface area contributed by atoms with Crippen LogP contribution in [0.15, 0.2) is 29.3 Å². The Morgan fingerprint density at radius 1 is 1.44 bits per heavy atom. The Kier molecular flexibility index (Phi) is 6.79. The molecule has 1 aromatic rings. The fraction of sp³-hybridized carbons (Fsp3) is 0.462. The first-order valence-corrected chi connectivity index (χ1v) is 6.09. The SMILES string of the molecule is CCOCCCNC(N)=NCc1ccccc1F. The van der Waals surface area contributed by atoms with Gasteiger partial charge in [-0.15, -0.1) is 0 Å². The summed E-state index contributed by atoms with van der Waals surface area (Å²) in [7, 11) is 0. The van der Waals surface area contributed by atoms with Crippen LogP contribution in [-0.2, 0) is 11.3 Å². The number of halogens is 1. The van der Waals surface area contributed by atoms with Crippen LogP contribution < -0.4 is 11.1 Å². The number of rotatable bonds is 7. The summed E-state index contributed by atoms with van der Waals surface area (Å²) in [5.74, 6) is 0.0696. The maximum Gasteiger partial charge on any atom is 0.188 e. The van der Waals surface area contributed by atoms with Crippen LogP contribution in [0.4, 0.5) is 4.39 Å². The van der Waals surface area contributed by atoms with Gasteiger partial charge >= 0.3 is 0 Å². The van der Waals surface area contributed by atoms with Gasteiger partial charge in [0.25, 0.3) is 0 Å². The fourth-order valence-electron chi connectivity index (χ4n) is 1.39. The Morgan fingerprint density at radius 2 is 2.22 bits per heavy atom. The minimum atomic E-state index is -0.259. The molecule has 18 heavy (non-hydrogen) atoms. The van der Waals surface area contributed by atoms with Crippen LogP contribution in [0.25, 0.3) is 0 Å². The molecule has 0 bridgehead atoms. The molecule has 0 fully saturated rings. The number of benzene rings is 1. The fourth-order valence-corrected chi connectivity index (χ4v) is 1.39. The molecule has 0 aromatic heterocycles. The number of nitrogens with zero attached hydrogens (tertiary/aromatic N) is 1. The third-order valence-electron chi connectivity index (χ3n) is 2.35. The van der Waals surface area contributed by atoms with Gasteiger partial charge in [0.15, 0.2) is 5.96 Å². The van der Waals surface area contributed by atoms with Gasteiger partial charge in [-0.3, -0.25) is 0 Å². The minimum absolute atomic E-state index is 0.247. The highest BCUT2D eigenvalue weighted by Crippen LogP contribution is 2.06. The van der Waals surface area contributed by atoms with Crippen molar-refractivity contribution in [3.05, 3.63) is 35.6 Å². The molecule has 3 N–H and O–H groups in total. The van der Waals surface area contributed by atoms with Gasteiger partial charge in [-0.1, -0.05) is 18.2 Å². The summed E-state index contributed by atoms with van der Waals surface area (Å²) < 4.78 is 18.5. The Bertz CT molecular complexity index is 382. The lowest BCUT2D eigenvalue weighted by atomic mass is 10.2. The van der Waals surface area contributed by atoms with Crippen molar-refractivity contribution in [2.45, 2.75) is 19.9 Å². The molecule has 1 aromatic carbocycles. The monoisotopic (exact) mass is 253 g/mol. The van der Waals surface area contributed by atoms with Crippen molar-refractivity contribution < 1.29 is 9.13 Å². The highest BCUT2D eigenvalue weighted by molar-refractivity contribution is 5.77. The largest absolute Gasteiger partial charge is 0.382 e. The van der Waals surface area contributed by atoms with Crippen molar-refractivity contribution in [1.82, 2.24) is 5.32 Å². The summed E-state index contributed by atoms with van der Waals surface area (Å²) >= 11 is 0. The third kappa shape index (κ3) is 5.63. The molecular formula is C13H20FN3O. The standard InChI is InChI=1S/C13H20FN3O/c1-2-18-9-5-8-16-13(15)17-10-11-6-3-4-7-12(11)14/h3-4,6-7H,2,5,8-10H2,1H3,(H3,15,16,17). The zero-order valence-electron chi connectivity index (χ0n) is 10.7. The summed E-state index contributed by atoms with van der Waals surface area (Å²) in [6.07, 6.45) is 0.865. The predicted molar refractivity (Wildman–Crippen MR) is 70.8 cm³/mol. The van der Waals surface area contributed by atoms with Crippen molar-refractivity contribution in [3.63, 3.8) is 0 Å². The normalized spacial score (nSPS) is 11.6. The molecule has 0 atom stereocenters. The molecule has 4 nitrogen and oxygen atoms in total. The number of hydrogen-bond acceptors (Lipinski definition) is 2. The first-order valence-electron chi connectivity index (χ1n) is 6.09. The Morgan fingerprint density at radius 3 is 2.94 bits per heavy atom. The van der Waals surface area contributed by atoms with Gasteiger partial charge < -0.3 is 15.8 Å². The molecule has 0 saturated carbocycles. The average Bonchev–Trinajstić information content (AvgIpc) is 2.37. The molecular weight excluding hydrogens is 233 g/mol.